The number of rotatable bonds is 2. The first-order valence-corrected chi connectivity index (χ1v) is 15.6. The molecule has 1 aromatic carbocycles. The van der Waals surface area contributed by atoms with Crippen LogP contribution < -0.4 is 9.55 Å². The van der Waals surface area contributed by atoms with Gasteiger partial charge in [-0.2, -0.15) is 0 Å². The van der Waals surface area contributed by atoms with E-state index in [1.165, 1.54) is 39.7 Å². The Morgan fingerprint density at radius 3 is 1.58 bits per heavy atom. The molecule has 4 aromatic heterocycles. The summed E-state index contributed by atoms with van der Waals surface area (Å²) in [6.07, 6.45) is 0. The second kappa shape index (κ2) is 7.36. The predicted molar refractivity (Wildman–Crippen MR) is 159 cm³/mol. The number of fused-ring (bicyclic) bond motifs is 8. The van der Waals surface area contributed by atoms with E-state index in [2.05, 4.69) is 79.0 Å². The molecule has 2 aliphatic rings. The molecule has 0 N–H and O–H groups in total. The van der Waals surface area contributed by atoms with E-state index in [4.69, 9.17) is 18.6 Å². The highest BCUT2D eigenvalue weighted by Gasteiger charge is 2.53. The molecule has 0 spiro atoms. The molecular formula is C26H28B2O4S4. The minimum atomic E-state index is -0.366. The molecule has 0 bridgehead atoms. The van der Waals surface area contributed by atoms with Gasteiger partial charge in [0, 0.05) is 35.1 Å². The van der Waals surface area contributed by atoms with Crippen molar-refractivity contribution in [2.75, 3.05) is 0 Å². The van der Waals surface area contributed by atoms with Crippen LogP contribution in [0.25, 0.3) is 39.7 Å². The Balaban J connectivity index is 1.46. The van der Waals surface area contributed by atoms with Crippen molar-refractivity contribution < 1.29 is 18.6 Å². The summed E-state index contributed by atoms with van der Waals surface area (Å²) in [6.45, 7) is 16.9. The van der Waals surface area contributed by atoms with Crippen molar-refractivity contribution in [3.05, 3.63) is 23.6 Å². The molecule has 4 nitrogen and oxygen atoms in total. The molecule has 0 saturated carbocycles. The van der Waals surface area contributed by atoms with Crippen LogP contribution in [0.4, 0.5) is 0 Å². The molecule has 36 heavy (non-hydrogen) atoms. The first kappa shape index (κ1) is 24.1. The van der Waals surface area contributed by atoms with E-state index in [1.54, 1.807) is 22.7 Å². The fourth-order valence-electron chi connectivity index (χ4n) is 4.92. The quantitative estimate of drug-likeness (QED) is 0.218. The molecule has 186 valence electrons. The molecule has 2 aliphatic heterocycles. The van der Waals surface area contributed by atoms with E-state index in [0.29, 0.717) is 0 Å². The summed E-state index contributed by atoms with van der Waals surface area (Å²) in [7, 11) is -0.724. The molecule has 0 amide bonds. The van der Waals surface area contributed by atoms with Crippen molar-refractivity contribution in [1.82, 2.24) is 0 Å². The van der Waals surface area contributed by atoms with Gasteiger partial charge in [-0.15, -0.1) is 45.3 Å². The van der Waals surface area contributed by atoms with Gasteiger partial charge in [-0.05, 0) is 79.0 Å². The summed E-state index contributed by atoms with van der Waals surface area (Å²) in [4.78, 5) is 0. The lowest BCUT2D eigenvalue weighted by Gasteiger charge is -2.32. The zero-order valence-electron chi connectivity index (χ0n) is 21.7. The van der Waals surface area contributed by atoms with Crippen LogP contribution in [0.5, 0.6) is 0 Å². The smallest absolute Gasteiger partial charge is 0.399 e. The number of benzene rings is 1. The number of hydrogen-bond acceptors (Lipinski definition) is 8. The van der Waals surface area contributed by atoms with Gasteiger partial charge in [0.05, 0.1) is 36.5 Å². The van der Waals surface area contributed by atoms with Gasteiger partial charge in [-0.3, -0.25) is 0 Å². The van der Waals surface area contributed by atoms with E-state index < -0.39 is 0 Å². The summed E-state index contributed by atoms with van der Waals surface area (Å²) in [5.41, 5.74) is -1.46. The van der Waals surface area contributed by atoms with Gasteiger partial charge in [0.15, 0.2) is 0 Å². The molecule has 0 unspecified atom stereocenters. The molecule has 5 aromatic rings. The van der Waals surface area contributed by atoms with Gasteiger partial charge in [0.25, 0.3) is 0 Å². The molecule has 10 heteroatoms. The van der Waals surface area contributed by atoms with E-state index in [9.17, 15) is 0 Å². The lowest BCUT2D eigenvalue weighted by atomic mass is 9.87. The molecule has 0 radical (unpaired) electrons. The minimum absolute atomic E-state index is 0.360. The molecule has 2 fully saturated rings. The van der Waals surface area contributed by atoms with Crippen LogP contribution in [-0.2, 0) is 18.6 Å². The largest absolute Gasteiger partial charge is 0.505 e. The van der Waals surface area contributed by atoms with Crippen molar-refractivity contribution in [3.63, 3.8) is 0 Å². The molecule has 0 aliphatic carbocycles. The fraction of sp³-hybridized carbons (Fsp3) is 0.462. The Morgan fingerprint density at radius 1 is 0.583 bits per heavy atom. The average molecular weight is 554 g/mol. The first-order chi connectivity index (χ1) is 16.8. The van der Waals surface area contributed by atoms with Gasteiger partial charge < -0.3 is 18.6 Å². The van der Waals surface area contributed by atoms with Crippen molar-refractivity contribution in [2.24, 2.45) is 0 Å². The number of thiophene rings is 4. The maximum Gasteiger partial charge on any atom is 0.505 e. The first-order valence-electron chi connectivity index (χ1n) is 12.3. The van der Waals surface area contributed by atoms with Crippen molar-refractivity contribution in [1.29, 1.82) is 0 Å². The van der Waals surface area contributed by atoms with Gasteiger partial charge >= 0.3 is 14.2 Å². The van der Waals surface area contributed by atoms with E-state index in [0.717, 1.165) is 9.55 Å². The van der Waals surface area contributed by atoms with Crippen molar-refractivity contribution >= 4 is 109 Å². The average Bonchev–Trinajstić information content (AvgIpc) is 3.53. The monoisotopic (exact) mass is 554 g/mol. The summed E-state index contributed by atoms with van der Waals surface area (Å²) in [5, 5.41) is 6.14. The van der Waals surface area contributed by atoms with Crippen LogP contribution in [0, 0.1) is 0 Å². The predicted octanol–water partition coefficient (Wildman–Crippen LogP) is 7.14. The van der Waals surface area contributed by atoms with Gasteiger partial charge in [-0.25, -0.2) is 0 Å². The fourth-order valence-corrected chi connectivity index (χ4v) is 9.80. The Labute approximate surface area is 227 Å². The van der Waals surface area contributed by atoms with Crippen LogP contribution in [0.1, 0.15) is 55.4 Å². The molecule has 2 saturated heterocycles. The summed E-state index contributed by atoms with van der Waals surface area (Å²) in [6, 6.07) is 6.85. The third-order valence-corrected chi connectivity index (χ3v) is 13.2. The van der Waals surface area contributed by atoms with E-state index in [1.807, 2.05) is 22.7 Å². The van der Waals surface area contributed by atoms with Crippen molar-refractivity contribution in [3.8, 4) is 0 Å². The van der Waals surface area contributed by atoms with E-state index >= 15 is 0 Å². The van der Waals surface area contributed by atoms with Gasteiger partial charge in [0.2, 0.25) is 0 Å². The highest BCUT2D eigenvalue weighted by Crippen LogP contribution is 2.49. The summed E-state index contributed by atoms with van der Waals surface area (Å²) >= 11 is 7.31. The SMILES string of the molecule is CC1(C)OB(c2cc3c(s2)c2sc(B4OC(C)(C)C(C)(C)O4)cc2c2c4sccc4sc32)OC1(C)C. The minimum Gasteiger partial charge on any atom is -0.399 e. The van der Waals surface area contributed by atoms with E-state index in [-0.39, 0.29) is 36.6 Å². The molecular weight excluding hydrogens is 526 g/mol. The van der Waals surface area contributed by atoms with Crippen LogP contribution in [-0.4, -0.2) is 36.6 Å². The Morgan fingerprint density at radius 2 is 1.06 bits per heavy atom. The lowest BCUT2D eigenvalue weighted by Crippen LogP contribution is -2.41. The maximum absolute atomic E-state index is 6.45. The summed E-state index contributed by atoms with van der Waals surface area (Å²) < 4.78 is 34.7. The van der Waals surface area contributed by atoms with Crippen molar-refractivity contribution in [2.45, 2.75) is 77.8 Å². The second-order valence-electron chi connectivity index (χ2n) is 11.9. The van der Waals surface area contributed by atoms with Crippen LogP contribution in [0.15, 0.2) is 23.6 Å². The molecule has 6 heterocycles. The van der Waals surface area contributed by atoms with Crippen LogP contribution in [0.2, 0.25) is 0 Å². The third-order valence-electron chi connectivity index (χ3n) is 8.49. The van der Waals surface area contributed by atoms with Gasteiger partial charge in [0.1, 0.15) is 0 Å². The molecule has 7 rings (SSSR count). The van der Waals surface area contributed by atoms with Gasteiger partial charge in [-0.1, -0.05) is 0 Å². The normalized spacial score (nSPS) is 22.8. The Kier molecular flexibility index (Phi) is 4.93. The topological polar surface area (TPSA) is 36.9 Å². The summed E-state index contributed by atoms with van der Waals surface area (Å²) in [5.74, 6) is 0. The van der Waals surface area contributed by atoms with Crippen LogP contribution in [0.3, 0.4) is 0 Å². The Bertz CT molecular complexity index is 1650. The maximum atomic E-state index is 6.45. The molecule has 0 atom stereocenters. The highest BCUT2D eigenvalue weighted by atomic mass is 32.1. The lowest BCUT2D eigenvalue weighted by molar-refractivity contribution is 0.00578. The highest BCUT2D eigenvalue weighted by molar-refractivity contribution is 7.37. The van der Waals surface area contributed by atoms with Crippen LogP contribution >= 0.6 is 45.3 Å². The Hall–Kier alpha value is -0.970. The number of hydrogen-bond donors (Lipinski definition) is 0. The standard InChI is InChI=1S/C26H28B2O4S4/c1-23(2)24(3,4)30-27(29-23)16-11-13-18-19(34-15-9-10-33-22(15)18)14-12-17(36-21(14)20(13)35-16)28-31-25(5,6)26(7,8)32-28/h9-12H,1-8H3. The zero-order chi connectivity index (χ0) is 25.4. The second-order valence-corrected chi connectivity index (χ2v) is 16.0. The zero-order valence-corrected chi connectivity index (χ0v) is 25.0. The third kappa shape index (κ3) is 3.19.